The molecule has 13 heavy (non-hydrogen) atoms. The van der Waals surface area contributed by atoms with E-state index in [1.807, 2.05) is 25.1 Å². The molecule has 70 valence electrons. The van der Waals surface area contributed by atoms with Crippen LogP contribution in [0, 0.1) is 6.92 Å². The SMILES string of the molecule is Cc1ccc(CN(C)N)c(C=O)c1. The van der Waals surface area contributed by atoms with Gasteiger partial charge in [-0.1, -0.05) is 17.7 Å². The lowest BCUT2D eigenvalue weighted by atomic mass is 10.1. The number of hydrogen-bond acceptors (Lipinski definition) is 3. The predicted molar refractivity (Wildman–Crippen MR) is 52.2 cm³/mol. The number of nitrogens with two attached hydrogens (primary N) is 1. The van der Waals surface area contributed by atoms with Crippen LogP contribution in [0.3, 0.4) is 0 Å². The minimum atomic E-state index is 0.592. The van der Waals surface area contributed by atoms with Crippen molar-refractivity contribution in [3.63, 3.8) is 0 Å². The quantitative estimate of drug-likeness (QED) is 0.428. The molecule has 0 aromatic heterocycles. The fourth-order valence-electron chi connectivity index (χ4n) is 1.24. The Balaban J connectivity index is 2.99. The molecule has 0 saturated carbocycles. The fraction of sp³-hybridized carbons (Fsp3) is 0.300. The average molecular weight is 178 g/mol. The third kappa shape index (κ3) is 2.65. The van der Waals surface area contributed by atoms with Crippen LogP contribution in [0.15, 0.2) is 18.2 Å². The van der Waals surface area contributed by atoms with E-state index in [0.29, 0.717) is 6.54 Å². The first-order valence-corrected chi connectivity index (χ1v) is 4.14. The topological polar surface area (TPSA) is 46.3 Å². The zero-order valence-corrected chi connectivity index (χ0v) is 7.95. The number of benzene rings is 1. The summed E-state index contributed by atoms with van der Waals surface area (Å²) in [4.78, 5) is 10.7. The fourth-order valence-corrected chi connectivity index (χ4v) is 1.24. The molecular formula is C10H14N2O. The lowest BCUT2D eigenvalue weighted by molar-refractivity contribution is 0.112. The molecule has 0 bridgehead atoms. The molecule has 0 heterocycles. The average Bonchev–Trinajstić information content (AvgIpc) is 2.07. The second-order valence-electron chi connectivity index (χ2n) is 3.24. The lowest BCUT2D eigenvalue weighted by Gasteiger charge is -2.11. The Labute approximate surface area is 78.1 Å². The summed E-state index contributed by atoms with van der Waals surface area (Å²) in [5.41, 5.74) is 2.77. The van der Waals surface area contributed by atoms with Gasteiger partial charge in [0.25, 0.3) is 0 Å². The number of hydrogen-bond donors (Lipinski definition) is 1. The van der Waals surface area contributed by atoms with Crippen LogP contribution in [0.2, 0.25) is 0 Å². The molecule has 0 atom stereocenters. The predicted octanol–water partition coefficient (Wildman–Crippen LogP) is 1.11. The van der Waals surface area contributed by atoms with E-state index in [4.69, 9.17) is 5.84 Å². The van der Waals surface area contributed by atoms with Gasteiger partial charge in [-0.05, 0) is 18.6 Å². The van der Waals surface area contributed by atoms with Crippen molar-refractivity contribution in [2.45, 2.75) is 13.5 Å². The van der Waals surface area contributed by atoms with Crippen molar-refractivity contribution in [1.82, 2.24) is 5.01 Å². The third-order valence-electron chi connectivity index (χ3n) is 1.85. The Kier molecular flexibility index (Phi) is 3.17. The van der Waals surface area contributed by atoms with Crippen molar-refractivity contribution in [1.29, 1.82) is 0 Å². The van der Waals surface area contributed by atoms with E-state index >= 15 is 0 Å². The summed E-state index contributed by atoms with van der Waals surface area (Å²) in [6, 6.07) is 5.78. The summed E-state index contributed by atoms with van der Waals surface area (Å²) in [5.74, 6) is 5.50. The summed E-state index contributed by atoms with van der Waals surface area (Å²) >= 11 is 0. The molecule has 2 N–H and O–H groups in total. The molecular weight excluding hydrogens is 164 g/mol. The number of nitrogens with zero attached hydrogens (tertiary/aromatic N) is 1. The molecule has 3 nitrogen and oxygen atoms in total. The van der Waals surface area contributed by atoms with E-state index in [1.54, 1.807) is 12.1 Å². The molecule has 0 saturated heterocycles. The Bertz CT molecular complexity index is 308. The number of carbonyl (C=O) groups excluding carboxylic acids is 1. The molecule has 1 rings (SSSR count). The van der Waals surface area contributed by atoms with Crippen LogP contribution in [0.4, 0.5) is 0 Å². The van der Waals surface area contributed by atoms with Crippen LogP contribution in [-0.2, 0) is 6.54 Å². The van der Waals surface area contributed by atoms with E-state index in [2.05, 4.69) is 0 Å². The summed E-state index contributed by atoms with van der Waals surface area (Å²) < 4.78 is 0. The van der Waals surface area contributed by atoms with E-state index in [9.17, 15) is 4.79 Å². The molecule has 0 fully saturated rings. The van der Waals surface area contributed by atoms with E-state index in [0.717, 1.165) is 23.0 Å². The van der Waals surface area contributed by atoms with Gasteiger partial charge < -0.3 is 0 Å². The summed E-state index contributed by atoms with van der Waals surface area (Å²) in [6.45, 7) is 2.55. The second-order valence-corrected chi connectivity index (χ2v) is 3.24. The van der Waals surface area contributed by atoms with Crippen LogP contribution in [0.5, 0.6) is 0 Å². The molecule has 0 radical (unpaired) electrons. The Morgan fingerprint density at radius 2 is 2.23 bits per heavy atom. The highest BCUT2D eigenvalue weighted by Gasteiger charge is 2.02. The van der Waals surface area contributed by atoms with Gasteiger partial charge in [-0.25, -0.2) is 5.01 Å². The molecule has 0 aliphatic heterocycles. The second kappa shape index (κ2) is 4.16. The highest BCUT2D eigenvalue weighted by atomic mass is 16.1. The minimum Gasteiger partial charge on any atom is -0.298 e. The number of hydrazine groups is 1. The van der Waals surface area contributed by atoms with E-state index in [-0.39, 0.29) is 0 Å². The molecule has 3 heteroatoms. The highest BCUT2D eigenvalue weighted by Crippen LogP contribution is 2.10. The largest absolute Gasteiger partial charge is 0.298 e. The van der Waals surface area contributed by atoms with Gasteiger partial charge >= 0.3 is 0 Å². The van der Waals surface area contributed by atoms with Crippen LogP contribution in [-0.4, -0.2) is 18.3 Å². The molecule has 0 aliphatic rings. The van der Waals surface area contributed by atoms with Crippen molar-refractivity contribution < 1.29 is 4.79 Å². The lowest BCUT2D eigenvalue weighted by Crippen LogP contribution is -2.25. The van der Waals surface area contributed by atoms with Crippen LogP contribution >= 0.6 is 0 Å². The van der Waals surface area contributed by atoms with Crippen molar-refractivity contribution in [2.75, 3.05) is 7.05 Å². The Morgan fingerprint density at radius 3 is 2.77 bits per heavy atom. The van der Waals surface area contributed by atoms with Crippen molar-refractivity contribution in [2.24, 2.45) is 5.84 Å². The summed E-state index contributed by atoms with van der Waals surface area (Å²) in [7, 11) is 1.77. The molecule has 0 aliphatic carbocycles. The monoisotopic (exact) mass is 178 g/mol. The maximum absolute atomic E-state index is 10.7. The third-order valence-corrected chi connectivity index (χ3v) is 1.85. The van der Waals surface area contributed by atoms with Gasteiger partial charge in [0, 0.05) is 19.2 Å². The Hall–Kier alpha value is -1.19. The number of rotatable bonds is 3. The van der Waals surface area contributed by atoms with Crippen LogP contribution in [0.1, 0.15) is 21.5 Å². The van der Waals surface area contributed by atoms with Crippen molar-refractivity contribution >= 4 is 6.29 Å². The molecule has 0 unspecified atom stereocenters. The van der Waals surface area contributed by atoms with Crippen molar-refractivity contribution in [3.05, 3.63) is 34.9 Å². The molecule has 0 amide bonds. The van der Waals surface area contributed by atoms with E-state index in [1.165, 1.54) is 0 Å². The Morgan fingerprint density at radius 1 is 1.54 bits per heavy atom. The first-order chi connectivity index (χ1) is 6.13. The van der Waals surface area contributed by atoms with Gasteiger partial charge in [0.15, 0.2) is 0 Å². The van der Waals surface area contributed by atoms with Gasteiger partial charge in [-0.2, -0.15) is 0 Å². The minimum absolute atomic E-state index is 0.592. The number of aldehydes is 1. The number of aryl methyl sites for hydroxylation is 1. The smallest absolute Gasteiger partial charge is 0.150 e. The zero-order valence-electron chi connectivity index (χ0n) is 7.95. The van der Waals surface area contributed by atoms with E-state index < -0.39 is 0 Å². The molecule has 1 aromatic carbocycles. The normalized spacial score (nSPS) is 10.5. The number of carbonyl (C=O) groups is 1. The molecule has 1 aromatic rings. The highest BCUT2D eigenvalue weighted by molar-refractivity contribution is 5.77. The molecule has 0 spiro atoms. The first kappa shape index (κ1) is 9.89. The first-order valence-electron chi connectivity index (χ1n) is 4.14. The van der Waals surface area contributed by atoms with Gasteiger partial charge in [0.05, 0.1) is 0 Å². The summed E-state index contributed by atoms with van der Waals surface area (Å²) in [5, 5.41) is 1.55. The standard InChI is InChI=1S/C10H14N2O/c1-8-3-4-9(6-12(2)11)10(5-8)7-13/h3-5,7H,6,11H2,1-2H3. The van der Waals surface area contributed by atoms with Crippen molar-refractivity contribution in [3.8, 4) is 0 Å². The zero-order chi connectivity index (χ0) is 9.84. The van der Waals surface area contributed by atoms with Gasteiger partial charge in [0.1, 0.15) is 6.29 Å². The van der Waals surface area contributed by atoms with Gasteiger partial charge in [-0.3, -0.25) is 10.6 Å². The maximum Gasteiger partial charge on any atom is 0.150 e. The van der Waals surface area contributed by atoms with Crippen LogP contribution in [0.25, 0.3) is 0 Å². The maximum atomic E-state index is 10.7. The summed E-state index contributed by atoms with van der Waals surface area (Å²) in [6.07, 6.45) is 0.867. The van der Waals surface area contributed by atoms with Gasteiger partial charge in [0.2, 0.25) is 0 Å². The van der Waals surface area contributed by atoms with Crippen LogP contribution < -0.4 is 5.84 Å². The van der Waals surface area contributed by atoms with Gasteiger partial charge in [-0.15, -0.1) is 0 Å².